The van der Waals surface area contributed by atoms with Crippen LogP contribution in [0.25, 0.3) is 20.4 Å². The molecule has 2 aliphatic rings. The van der Waals surface area contributed by atoms with Crippen LogP contribution in [-0.4, -0.2) is 84.7 Å². The summed E-state index contributed by atoms with van der Waals surface area (Å²) in [5.41, 5.74) is 2.77. The number of likely N-dealkylation sites (tertiary alicyclic amines) is 2. The second-order valence-electron chi connectivity index (χ2n) is 12.9. The molecule has 0 spiro atoms. The third kappa shape index (κ3) is 9.08. The maximum absolute atomic E-state index is 12.8. The number of amides is 2. The van der Waals surface area contributed by atoms with Crippen molar-refractivity contribution in [1.29, 1.82) is 0 Å². The number of carboxylic acid groups (broad SMARTS) is 1. The summed E-state index contributed by atoms with van der Waals surface area (Å²) in [5.74, 6) is -0.210. The van der Waals surface area contributed by atoms with Crippen LogP contribution in [-0.2, 0) is 22.7 Å². The van der Waals surface area contributed by atoms with Crippen LogP contribution >= 0.6 is 22.7 Å². The summed E-state index contributed by atoms with van der Waals surface area (Å²) in [5, 5.41) is 13.2. The van der Waals surface area contributed by atoms with Crippen LogP contribution < -0.4 is 30.0 Å². The van der Waals surface area contributed by atoms with E-state index in [9.17, 15) is 33.9 Å². The fourth-order valence-electron chi connectivity index (χ4n) is 7.00. The number of aromatic nitrogens is 2. The van der Waals surface area contributed by atoms with Crippen molar-refractivity contribution in [3.63, 3.8) is 0 Å². The van der Waals surface area contributed by atoms with Gasteiger partial charge in [-0.1, -0.05) is 0 Å². The number of piperidine rings is 2. The summed E-state index contributed by atoms with van der Waals surface area (Å²) >= 11 is 2.86. The largest absolute Gasteiger partial charge is 1.00 e. The topological polar surface area (TPSA) is 200 Å². The van der Waals surface area contributed by atoms with Gasteiger partial charge >= 0.3 is 24.8 Å². The Bertz CT molecular complexity index is 1870. The van der Waals surface area contributed by atoms with E-state index in [-0.39, 0.29) is 64.1 Å². The first-order valence-electron chi connectivity index (χ1n) is 16.3. The van der Waals surface area contributed by atoms with Crippen LogP contribution in [0.15, 0.2) is 32.5 Å². The van der Waals surface area contributed by atoms with Gasteiger partial charge < -0.3 is 35.0 Å². The quantitative estimate of drug-likeness (QED) is 0.225. The van der Waals surface area contributed by atoms with Crippen LogP contribution in [0.4, 0.5) is 0 Å². The fourth-order valence-corrected chi connectivity index (χ4v) is 9.04. The number of thiophene rings is 2. The Kier molecular flexibility index (Phi) is 15.6. The number of carbonyl (C=O) groups is 4. The Labute approximate surface area is 315 Å². The first-order chi connectivity index (χ1) is 22.8. The van der Waals surface area contributed by atoms with Gasteiger partial charge in [0.2, 0.25) is 11.8 Å². The van der Waals surface area contributed by atoms with Crippen LogP contribution in [0.2, 0.25) is 0 Å². The summed E-state index contributed by atoms with van der Waals surface area (Å²) in [6.45, 7) is 12.2. The van der Waals surface area contributed by atoms with Crippen molar-refractivity contribution in [3.05, 3.63) is 65.9 Å². The van der Waals surface area contributed by atoms with Crippen molar-refractivity contribution in [3.8, 4) is 0 Å². The van der Waals surface area contributed by atoms with Crippen molar-refractivity contribution in [2.45, 2.75) is 73.4 Å². The van der Waals surface area contributed by atoms with Gasteiger partial charge in [0, 0.05) is 69.8 Å². The molecule has 4 aromatic heterocycles. The molecule has 6 rings (SSSR count). The molecule has 0 aromatic carbocycles. The molecule has 2 amide bonds. The fraction of sp³-hybridized carbons (Fsp3) is 0.486. The van der Waals surface area contributed by atoms with E-state index in [2.05, 4.69) is 0 Å². The molecule has 51 heavy (non-hydrogen) atoms. The number of carboxylic acids is 1. The summed E-state index contributed by atoms with van der Waals surface area (Å²) in [6, 6.07) is 3.75. The first kappa shape index (κ1) is 43.6. The van der Waals surface area contributed by atoms with E-state index >= 15 is 0 Å². The van der Waals surface area contributed by atoms with Gasteiger partial charge in [-0.25, -0.2) is 4.79 Å². The molecule has 4 aromatic rings. The second-order valence-corrected chi connectivity index (χ2v) is 14.7. The summed E-state index contributed by atoms with van der Waals surface area (Å²) in [7, 11) is 0. The minimum Gasteiger partial charge on any atom is -0.870 e. The molecule has 6 heterocycles. The predicted octanol–water partition coefficient (Wildman–Crippen LogP) is 1.16. The number of nitrogens with zero attached hydrogens (tertiary/aromatic N) is 4. The van der Waals surface area contributed by atoms with E-state index in [1.54, 1.807) is 32.3 Å². The maximum Gasteiger partial charge on any atom is 1.00 e. The molecular formula is C35H45LiN4O9S2. The van der Waals surface area contributed by atoms with Gasteiger partial charge in [-0.3, -0.25) is 24.0 Å². The van der Waals surface area contributed by atoms with Crippen molar-refractivity contribution in [2.75, 3.05) is 26.2 Å². The number of carbonyl (C=O) groups excluding carboxylic acids is 3. The van der Waals surface area contributed by atoms with Crippen molar-refractivity contribution in [2.24, 2.45) is 11.8 Å². The van der Waals surface area contributed by atoms with Gasteiger partial charge in [-0.2, -0.15) is 0 Å². The van der Waals surface area contributed by atoms with Gasteiger partial charge in [0.05, 0.1) is 26.0 Å². The molecule has 0 radical (unpaired) electrons. The van der Waals surface area contributed by atoms with Crippen LogP contribution in [0, 0.1) is 25.7 Å². The third-order valence-electron chi connectivity index (χ3n) is 9.77. The molecule has 2 aliphatic heterocycles. The molecular weight excluding hydrogens is 691 g/mol. The number of aromatic carboxylic acids is 1. The zero-order valence-electron chi connectivity index (χ0n) is 30.0. The summed E-state index contributed by atoms with van der Waals surface area (Å²) in [4.78, 5) is 75.5. The van der Waals surface area contributed by atoms with Crippen molar-refractivity contribution in [1.82, 2.24) is 18.9 Å². The Morgan fingerprint density at radius 2 is 1.06 bits per heavy atom. The van der Waals surface area contributed by atoms with E-state index in [0.29, 0.717) is 64.9 Å². The third-order valence-corrected chi connectivity index (χ3v) is 11.6. The average Bonchev–Trinajstić information content (AvgIpc) is 3.72. The zero-order chi connectivity index (χ0) is 34.9. The Morgan fingerprint density at radius 3 is 1.39 bits per heavy atom. The number of fused-ring (bicyclic) bond motifs is 2. The van der Waals surface area contributed by atoms with Crippen LogP contribution in [0.3, 0.4) is 0 Å². The van der Waals surface area contributed by atoms with Crippen molar-refractivity contribution < 1.29 is 54.1 Å². The Morgan fingerprint density at radius 1 is 0.706 bits per heavy atom. The summed E-state index contributed by atoms with van der Waals surface area (Å²) in [6.07, 6.45) is 3.53. The van der Waals surface area contributed by atoms with Crippen LogP contribution in [0.5, 0.6) is 0 Å². The second kappa shape index (κ2) is 18.3. The SMILES string of the molecule is CC(=O)N1CCC(Cn2c(=O)c(C)c(C(=O)O)c3sccc32)CC1.CC(=O)c1c(C)c(=O)n(CC2CCN(C(C)=O)CC2)c2ccsc12.O.[Li+].[OH-]. The van der Waals surface area contributed by atoms with Gasteiger partial charge in [0.15, 0.2) is 5.78 Å². The van der Waals surface area contributed by atoms with Crippen molar-refractivity contribution >= 4 is 66.7 Å². The number of rotatable bonds is 6. The Hall–Kier alpha value is -3.58. The van der Waals surface area contributed by atoms with E-state index in [4.69, 9.17) is 0 Å². The van der Waals surface area contributed by atoms with Gasteiger partial charge in [0.1, 0.15) is 0 Å². The maximum atomic E-state index is 12.8. The molecule has 0 aliphatic carbocycles. The molecule has 16 heteroatoms. The number of pyridine rings is 2. The predicted molar refractivity (Wildman–Crippen MR) is 194 cm³/mol. The number of hydrogen-bond donors (Lipinski definition) is 1. The minimum absolute atomic E-state index is 0. The molecule has 13 nitrogen and oxygen atoms in total. The smallest absolute Gasteiger partial charge is 0.870 e. The first-order valence-corrected chi connectivity index (χ1v) is 18.0. The molecule has 0 atom stereocenters. The monoisotopic (exact) mass is 736 g/mol. The molecule has 2 saturated heterocycles. The zero-order valence-corrected chi connectivity index (χ0v) is 31.6. The molecule has 0 bridgehead atoms. The number of ketones is 1. The van der Waals surface area contributed by atoms with Gasteiger partial charge in [-0.05, 0) is 81.2 Å². The van der Waals surface area contributed by atoms with E-state index < -0.39 is 5.97 Å². The molecule has 2 fully saturated rings. The van der Waals surface area contributed by atoms with Gasteiger partial charge in [0.25, 0.3) is 11.1 Å². The number of hydrogen-bond acceptors (Lipinski definition) is 9. The molecule has 272 valence electrons. The standard InChI is InChI=1S/C18H22N2O3S.C17H20N2O4S.Li.2H2O/c1-11-16(12(2)21)17-15(6-9-24-17)20(18(11)23)10-14-4-7-19(8-5-14)13(3)22;1-10-14(17(22)23)15-13(5-8-24-15)19(16(10)21)9-12-3-6-18(7-4-12)11(2)20;;;/h6,9,14H,4-5,7-8,10H2,1-3H3;5,8,12H,3-4,6-7,9H2,1-2H3,(H,22,23);;2*1H2/q;;+1;;/p-1. The molecule has 0 unspecified atom stereocenters. The average molecular weight is 737 g/mol. The Balaban J connectivity index is 0.000000334. The van der Waals surface area contributed by atoms with Crippen LogP contribution in [0.1, 0.15) is 78.3 Å². The van der Waals surface area contributed by atoms with E-state index in [1.807, 2.05) is 37.3 Å². The minimum atomic E-state index is -1.06. The number of Topliss-reactive ketones (excluding diaryl/α,β-unsaturated/α-hetero) is 1. The van der Waals surface area contributed by atoms with E-state index in [0.717, 1.165) is 49.0 Å². The van der Waals surface area contributed by atoms with E-state index in [1.165, 1.54) is 29.6 Å². The molecule has 4 N–H and O–H groups in total. The van der Waals surface area contributed by atoms with Gasteiger partial charge in [-0.15, -0.1) is 22.7 Å². The molecule has 0 saturated carbocycles. The summed E-state index contributed by atoms with van der Waals surface area (Å²) < 4.78 is 5.09. The normalized spacial score (nSPS) is 14.9.